The normalized spacial score (nSPS) is 12.5. The summed E-state index contributed by atoms with van der Waals surface area (Å²) in [5.74, 6) is -2.71. The first kappa shape index (κ1) is 18.4. The molecule has 0 aromatic heterocycles. The predicted molar refractivity (Wildman–Crippen MR) is 84.2 cm³/mol. The zero-order chi connectivity index (χ0) is 17.2. The predicted octanol–water partition coefficient (Wildman–Crippen LogP) is 2.11. The number of phenols is 1. The molecule has 1 aromatic rings. The second-order valence-corrected chi connectivity index (χ2v) is 4.84. The molecule has 0 heterocycles. The molecule has 1 aromatic carbocycles. The van der Waals surface area contributed by atoms with Crippen LogP contribution in [0, 0.1) is 11.7 Å². The van der Waals surface area contributed by atoms with Crippen LogP contribution in [0.15, 0.2) is 42.5 Å². The van der Waals surface area contributed by atoms with E-state index in [1.165, 1.54) is 25.3 Å². The van der Waals surface area contributed by atoms with Gasteiger partial charge in [0.1, 0.15) is 0 Å². The molecule has 0 saturated heterocycles. The van der Waals surface area contributed by atoms with Crippen molar-refractivity contribution in [3.63, 3.8) is 0 Å². The van der Waals surface area contributed by atoms with E-state index in [1.807, 2.05) is 6.92 Å². The number of aromatic hydroxyl groups is 1. The number of hydrogen-bond donors (Lipinski definition) is 2. The van der Waals surface area contributed by atoms with Crippen LogP contribution in [0.5, 0.6) is 5.75 Å². The fourth-order valence-electron chi connectivity index (χ4n) is 1.90. The molecule has 124 valence electrons. The van der Waals surface area contributed by atoms with E-state index >= 15 is 0 Å². The van der Waals surface area contributed by atoms with E-state index in [0.29, 0.717) is 5.56 Å². The van der Waals surface area contributed by atoms with E-state index in [-0.39, 0.29) is 18.9 Å². The minimum atomic E-state index is -0.760. The fourth-order valence-corrected chi connectivity index (χ4v) is 1.90. The van der Waals surface area contributed by atoms with Crippen molar-refractivity contribution in [2.24, 2.45) is 5.92 Å². The van der Waals surface area contributed by atoms with E-state index in [2.05, 4.69) is 5.32 Å². The monoisotopic (exact) mass is 321 g/mol. The summed E-state index contributed by atoms with van der Waals surface area (Å²) in [5.41, 5.74) is 0.523. The largest absolute Gasteiger partial charge is 0.505 e. The van der Waals surface area contributed by atoms with Gasteiger partial charge in [0.2, 0.25) is 5.91 Å². The van der Waals surface area contributed by atoms with Crippen LogP contribution in [0.4, 0.5) is 4.39 Å². The number of esters is 1. The van der Waals surface area contributed by atoms with Gasteiger partial charge in [-0.3, -0.25) is 9.59 Å². The highest BCUT2D eigenvalue weighted by atomic mass is 19.1. The number of halogens is 1. The Morgan fingerprint density at radius 2 is 2.13 bits per heavy atom. The topological polar surface area (TPSA) is 75.6 Å². The maximum absolute atomic E-state index is 13.3. The number of allylic oxidation sites excluding steroid dienone is 3. The van der Waals surface area contributed by atoms with Gasteiger partial charge < -0.3 is 15.2 Å². The second-order valence-electron chi connectivity index (χ2n) is 4.84. The summed E-state index contributed by atoms with van der Waals surface area (Å²) < 4.78 is 18.1. The van der Waals surface area contributed by atoms with Crippen molar-refractivity contribution < 1.29 is 23.8 Å². The molecule has 0 radical (unpaired) electrons. The first-order valence-electron chi connectivity index (χ1n) is 7.10. The van der Waals surface area contributed by atoms with Crippen LogP contribution in [-0.2, 0) is 20.7 Å². The number of hydrogen-bond acceptors (Lipinski definition) is 4. The standard InChI is InChI=1S/C17H20FNO4/c1-3-4-5-6-16(21)19-11-13(17(22)23-2)9-12-7-8-15(20)14(18)10-12/h3-8,10,13,20H,9,11H2,1-2H3,(H,19,21)/b4-3+,6-5+. The van der Waals surface area contributed by atoms with Gasteiger partial charge in [0.15, 0.2) is 11.6 Å². The summed E-state index contributed by atoms with van der Waals surface area (Å²) in [4.78, 5) is 23.4. The number of phenolic OH excluding ortho intramolecular Hbond substituents is 1. The summed E-state index contributed by atoms with van der Waals surface area (Å²) in [5, 5.41) is 11.8. The zero-order valence-corrected chi connectivity index (χ0v) is 13.1. The summed E-state index contributed by atoms with van der Waals surface area (Å²) in [6, 6.07) is 3.89. The maximum Gasteiger partial charge on any atom is 0.310 e. The van der Waals surface area contributed by atoms with Crippen molar-refractivity contribution in [1.29, 1.82) is 0 Å². The van der Waals surface area contributed by atoms with Crippen molar-refractivity contribution in [2.45, 2.75) is 13.3 Å². The third-order valence-corrected chi connectivity index (χ3v) is 3.10. The molecule has 5 nitrogen and oxygen atoms in total. The minimum absolute atomic E-state index is 0.0637. The Labute approximate surface area is 134 Å². The summed E-state index contributed by atoms with van der Waals surface area (Å²) >= 11 is 0. The first-order valence-corrected chi connectivity index (χ1v) is 7.10. The lowest BCUT2D eigenvalue weighted by atomic mass is 9.99. The molecule has 1 atom stereocenters. The van der Waals surface area contributed by atoms with E-state index in [0.717, 1.165) is 6.07 Å². The van der Waals surface area contributed by atoms with Crippen molar-refractivity contribution in [1.82, 2.24) is 5.32 Å². The van der Waals surface area contributed by atoms with Crippen LogP contribution in [-0.4, -0.2) is 30.6 Å². The van der Waals surface area contributed by atoms with E-state index < -0.39 is 23.5 Å². The van der Waals surface area contributed by atoms with Crippen LogP contribution in [0.3, 0.4) is 0 Å². The van der Waals surface area contributed by atoms with Gasteiger partial charge in [-0.15, -0.1) is 0 Å². The Morgan fingerprint density at radius 1 is 1.39 bits per heavy atom. The zero-order valence-electron chi connectivity index (χ0n) is 13.1. The van der Waals surface area contributed by atoms with Crippen molar-refractivity contribution in [3.8, 4) is 5.75 Å². The molecule has 0 spiro atoms. The molecule has 0 aliphatic carbocycles. The van der Waals surface area contributed by atoms with Gasteiger partial charge in [0, 0.05) is 12.6 Å². The third-order valence-electron chi connectivity index (χ3n) is 3.10. The quantitative estimate of drug-likeness (QED) is 0.458. The highest BCUT2D eigenvalue weighted by Crippen LogP contribution is 2.18. The molecule has 2 N–H and O–H groups in total. The number of benzene rings is 1. The van der Waals surface area contributed by atoms with Crippen molar-refractivity contribution >= 4 is 11.9 Å². The molecule has 0 fully saturated rings. The highest BCUT2D eigenvalue weighted by molar-refractivity contribution is 5.88. The molecule has 0 aliphatic heterocycles. The SMILES string of the molecule is C/C=C/C=C/C(=O)NCC(Cc1ccc(O)c(F)c1)C(=O)OC. The number of ether oxygens (including phenoxy) is 1. The molecular formula is C17H20FNO4. The smallest absolute Gasteiger partial charge is 0.310 e. The third kappa shape index (κ3) is 6.34. The van der Waals surface area contributed by atoms with E-state index in [4.69, 9.17) is 4.74 Å². The van der Waals surface area contributed by atoms with Gasteiger partial charge in [-0.25, -0.2) is 4.39 Å². The van der Waals surface area contributed by atoms with E-state index in [1.54, 1.807) is 18.2 Å². The molecule has 0 aliphatic rings. The van der Waals surface area contributed by atoms with Gasteiger partial charge in [0.25, 0.3) is 0 Å². The van der Waals surface area contributed by atoms with Gasteiger partial charge in [-0.2, -0.15) is 0 Å². The van der Waals surface area contributed by atoms with Gasteiger partial charge >= 0.3 is 5.97 Å². The van der Waals surface area contributed by atoms with Crippen molar-refractivity contribution in [3.05, 3.63) is 53.9 Å². The lowest BCUT2D eigenvalue weighted by Gasteiger charge is -2.15. The minimum Gasteiger partial charge on any atom is -0.505 e. The molecular weight excluding hydrogens is 301 g/mol. The number of rotatable bonds is 7. The number of carbonyl (C=O) groups is 2. The summed E-state index contributed by atoms with van der Waals surface area (Å²) in [6.45, 7) is 1.89. The summed E-state index contributed by atoms with van der Waals surface area (Å²) in [7, 11) is 1.25. The van der Waals surface area contributed by atoms with Gasteiger partial charge in [0.05, 0.1) is 13.0 Å². The van der Waals surface area contributed by atoms with Gasteiger partial charge in [-0.05, 0) is 31.0 Å². The Kier molecular flexibility index (Phi) is 7.53. The van der Waals surface area contributed by atoms with Gasteiger partial charge in [-0.1, -0.05) is 24.3 Å². The molecule has 1 unspecified atom stereocenters. The second kappa shape index (κ2) is 9.40. The van der Waals surface area contributed by atoms with E-state index in [9.17, 15) is 19.1 Å². The van der Waals surface area contributed by atoms with Crippen LogP contribution in [0.1, 0.15) is 12.5 Å². The Hall–Kier alpha value is -2.63. The highest BCUT2D eigenvalue weighted by Gasteiger charge is 2.20. The maximum atomic E-state index is 13.3. The summed E-state index contributed by atoms with van der Waals surface area (Å²) in [6.07, 6.45) is 6.59. The fraction of sp³-hybridized carbons (Fsp3) is 0.294. The van der Waals surface area contributed by atoms with Crippen LogP contribution in [0.25, 0.3) is 0 Å². The Bertz CT molecular complexity index is 611. The molecule has 0 saturated carbocycles. The number of nitrogens with one attached hydrogen (secondary N) is 1. The Balaban J connectivity index is 2.71. The Morgan fingerprint density at radius 3 is 2.74 bits per heavy atom. The van der Waals surface area contributed by atoms with Crippen molar-refractivity contribution in [2.75, 3.05) is 13.7 Å². The average molecular weight is 321 g/mol. The first-order chi connectivity index (χ1) is 11.0. The molecule has 1 rings (SSSR count). The number of carbonyl (C=O) groups excluding carboxylic acids is 2. The van der Waals surface area contributed by atoms with Crippen LogP contribution in [0.2, 0.25) is 0 Å². The molecule has 6 heteroatoms. The average Bonchev–Trinajstić information content (AvgIpc) is 2.54. The molecule has 1 amide bonds. The molecule has 23 heavy (non-hydrogen) atoms. The van der Waals surface area contributed by atoms with Crippen LogP contribution < -0.4 is 5.32 Å². The number of methoxy groups -OCH3 is 1. The number of amides is 1. The lowest BCUT2D eigenvalue weighted by molar-refractivity contribution is -0.145. The molecule has 0 bridgehead atoms. The van der Waals surface area contributed by atoms with Crippen LogP contribution >= 0.6 is 0 Å². The lowest BCUT2D eigenvalue weighted by Crippen LogP contribution is -2.33.